The SMILES string of the molecule is Cc1ccc(S(=O)(=O)N2CCCC2C(=O)N(CCCN2CCOCC2)c2nc3ccc(F)cc3s2)cc1. The fourth-order valence-electron chi connectivity index (χ4n) is 4.88. The van der Waals surface area contributed by atoms with Gasteiger partial charge in [-0.15, -0.1) is 0 Å². The van der Waals surface area contributed by atoms with Crippen LogP contribution in [0.1, 0.15) is 24.8 Å². The van der Waals surface area contributed by atoms with Crippen LogP contribution in [0.15, 0.2) is 47.4 Å². The van der Waals surface area contributed by atoms with Crippen molar-refractivity contribution in [1.82, 2.24) is 14.2 Å². The van der Waals surface area contributed by atoms with E-state index >= 15 is 0 Å². The van der Waals surface area contributed by atoms with Gasteiger partial charge in [0, 0.05) is 32.7 Å². The number of thiazole rings is 1. The van der Waals surface area contributed by atoms with Gasteiger partial charge in [0.1, 0.15) is 11.9 Å². The zero-order valence-corrected chi connectivity index (χ0v) is 22.4. The molecule has 2 aliphatic rings. The van der Waals surface area contributed by atoms with E-state index in [1.165, 1.54) is 27.8 Å². The highest BCUT2D eigenvalue weighted by atomic mass is 32.2. The standard InChI is InChI=1S/C26H31FN4O4S2/c1-19-5-8-21(9-6-19)37(33,34)31-13-2-4-23(31)25(32)30(12-3-11-29-14-16-35-17-15-29)26-28-22-10-7-20(27)18-24(22)36-26/h5-10,18,23H,2-4,11-17H2,1H3. The first-order valence-corrected chi connectivity index (χ1v) is 14.8. The minimum absolute atomic E-state index is 0.187. The molecule has 0 N–H and O–H groups in total. The number of fused-ring (bicyclic) bond motifs is 1. The molecule has 1 atom stereocenters. The van der Waals surface area contributed by atoms with Crippen molar-refractivity contribution in [2.75, 3.05) is 50.8 Å². The lowest BCUT2D eigenvalue weighted by molar-refractivity contribution is -0.121. The molecule has 0 spiro atoms. The first-order chi connectivity index (χ1) is 17.8. The number of amides is 1. The number of hydrogen-bond donors (Lipinski definition) is 0. The van der Waals surface area contributed by atoms with Gasteiger partial charge in [0.05, 0.1) is 28.3 Å². The van der Waals surface area contributed by atoms with E-state index in [2.05, 4.69) is 9.88 Å². The lowest BCUT2D eigenvalue weighted by Crippen LogP contribution is -2.48. The predicted octanol–water partition coefficient (Wildman–Crippen LogP) is 3.65. The third kappa shape index (κ3) is 5.70. The number of benzene rings is 2. The molecule has 198 valence electrons. The highest BCUT2D eigenvalue weighted by Crippen LogP contribution is 2.33. The van der Waals surface area contributed by atoms with Crippen molar-refractivity contribution in [3.63, 3.8) is 0 Å². The second kappa shape index (κ2) is 11.1. The van der Waals surface area contributed by atoms with Crippen molar-refractivity contribution in [3.05, 3.63) is 53.8 Å². The number of sulfonamides is 1. The van der Waals surface area contributed by atoms with Gasteiger partial charge in [-0.3, -0.25) is 14.6 Å². The van der Waals surface area contributed by atoms with E-state index in [0.717, 1.165) is 25.2 Å². The number of aryl methyl sites for hydroxylation is 1. The van der Waals surface area contributed by atoms with E-state index in [1.807, 2.05) is 6.92 Å². The maximum atomic E-state index is 14.0. The Kier molecular flexibility index (Phi) is 7.87. The van der Waals surface area contributed by atoms with Crippen LogP contribution in [-0.4, -0.2) is 80.5 Å². The molecule has 0 radical (unpaired) electrons. The largest absolute Gasteiger partial charge is 0.379 e. The number of aromatic nitrogens is 1. The van der Waals surface area contributed by atoms with E-state index < -0.39 is 16.1 Å². The Morgan fingerprint density at radius 1 is 1.16 bits per heavy atom. The molecule has 1 amide bonds. The van der Waals surface area contributed by atoms with E-state index in [0.29, 0.717) is 60.9 Å². The summed E-state index contributed by atoms with van der Waals surface area (Å²) in [6.07, 6.45) is 1.76. The van der Waals surface area contributed by atoms with Crippen molar-refractivity contribution in [2.24, 2.45) is 0 Å². The summed E-state index contributed by atoms with van der Waals surface area (Å²) in [7, 11) is -3.84. The van der Waals surface area contributed by atoms with E-state index in [9.17, 15) is 17.6 Å². The summed E-state index contributed by atoms with van der Waals surface area (Å²) >= 11 is 1.25. The number of morpholine rings is 1. The molecule has 3 heterocycles. The number of hydrogen-bond acceptors (Lipinski definition) is 7. The quantitative estimate of drug-likeness (QED) is 0.429. The van der Waals surface area contributed by atoms with Crippen LogP contribution in [0.2, 0.25) is 0 Å². The lowest BCUT2D eigenvalue weighted by atomic mass is 10.2. The van der Waals surface area contributed by atoms with Crippen LogP contribution in [0.4, 0.5) is 9.52 Å². The van der Waals surface area contributed by atoms with Crippen LogP contribution in [0.5, 0.6) is 0 Å². The third-order valence-electron chi connectivity index (χ3n) is 6.91. The highest BCUT2D eigenvalue weighted by Gasteiger charge is 2.42. The lowest BCUT2D eigenvalue weighted by Gasteiger charge is -2.30. The number of nitrogens with zero attached hydrogens (tertiary/aromatic N) is 4. The number of ether oxygens (including phenoxy) is 1. The zero-order chi connectivity index (χ0) is 26.0. The van der Waals surface area contributed by atoms with Gasteiger partial charge in [-0.1, -0.05) is 29.0 Å². The van der Waals surface area contributed by atoms with E-state index in [1.54, 1.807) is 35.2 Å². The van der Waals surface area contributed by atoms with Gasteiger partial charge in [0.2, 0.25) is 15.9 Å². The summed E-state index contributed by atoms with van der Waals surface area (Å²) in [4.78, 5) is 22.7. The maximum Gasteiger partial charge on any atom is 0.247 e. The molecule has 2 saturated heterocycles. The van der Waals surface area contributed by atoms with E-state index in [-0.39, 0.29) is 16.6 Å². The molecule has 11 heteroatoms. The van der Waals surface area contributed by atoms with Crippen molar-refractivity contribution in [2.45, 2.75) is 37.1 Å². The van der Waals surface area contributed by atoms with Crippen LogP contribution in [-0.2, 0) is 19.6 Å². The monoisotopic (exact) mass is 546 g/mol. The Morgan fingerprint density at radius 2 is 1.92 bits per heavy atom. The molecule has 1 aromatic heterocycles. The Balaban J connectivity index is 1.41. The summed E-state index contributed by atoms with van der Waals surface area (Å²) in [5.74, 6) is -0.645. The second-order valence-corrected chi connectivity index (χ2v) is 12.4. The molecule has 3 aromatic rings. The molecular weight excluding hydrogens is 515 g/mol. The van der Waals surface area contributed by atoms with Crippen molar-refractivity contribution in [1.29, 1.82) is 0 Å². The summed E-state index contributed by atoms with van der Waals surface area (Å²) < 4.78 is 48.2. The Hall–Kier alpha value is -2.44. The van der Waals surface area contributed by atoms with Crippen molar-refractivity contribution >= 4 is 42.6 Å². The Morgan fingerprint density at radius 3 is 2.68 bits per heavy atom. The van der Waals surface area contributed by atoms with Crippen LogP contribution >= 0.6 is 11.3 Å². The average molecular weight is 547 g/mol. The fraction of sp³-hybridized carbons (Fsp3) is 0.462. The smallest absolute Gasteiger partial charge is 0.247 e. The number of carbonyl (C=O) groups is 1. The number of halogens is 1. The Bertz CT molecular complexity index is 1360. The summed E-state index contributed by atoms with van der Waals surface area (Å²) in [6, 6.07) is 10.3. The average Bonchev–Trinajstić information content (AvgIpc) is 3.55. The molecule has 8 nitrogen and oxygen atoms in total. The van der Waals surface area contributed by atoms with Gasteiger partial charge in [-0.05, 0) is 56.5 Å². The van der Waals surface area contributed by atoms with Gasteiger partial charge >= 0.3 is 0 Å². The molecule has 5 rings (SSSR count). The number of anilines is 1. The minimum Gasteiger partial charge on any atom is -0.379 e. The molecule has 0 saturated carbocycles. The summed E-state index contributed by atoms with van der Waals surface area (Å²) in [5, 5.41) is 0.465. The van der Waals surface area contributed by atoms with Gasteiger partial charge in [0.15, 0.2) is 5.13 Å². The van der Waals surface area contributed by atoms with Crippen LogP contribution < -0.4 is 4.90 Å². The second-order valence-electron chi connectivity index (χ2n) is 9.49. The van der Waals surface area contributed by atoms with Gasteiger partial charge in [-0.25, -0.2) is 17.8 Å². The third-order valence-corrected chi connectivity index (χ3v) is 9.88. The molecule has 2 aliphatic heterocycles. The molecule has 1 unspecified atom stereocenters. The molecule has 0 bridgehead atoms. The predicted molar refractivity (Wildman–Crippen MR) is 142 cm³/mol. The first-order valence-electron chi connectivity index (χ1n) is 12.6. The maximum absolute atomic E-state index is 14.0. The normalized spacial score (nSPS) is 19.5. The molecule has 37 heavy (non-hydrogen) atoms. The zero-order valence-electron chi connectivity index (χ0n) is 20.8. The van der Waals surface area contributed by atoms with Crippen molar-refractivity contribution < 1.29 is 22.3 Å². The van der Waals surface area contributed by atoms with Gasteiger partial charge < -0.3 is 4.74 Å². The van der Waals surface area contributed by atoms with Crippen LogP contribution in [0, 0.1) is 12.7 Å². The Labute approximate surface area is 220 Å². The summed E-state index contributed by atoms with van der Waals surface area (Å²) in [5.41, 5.74) is 1.58. The molecule has 0 aliphatic carbocycles. The number of rotatable bonds is 8. The topological polar surface area (TPSA) is 83.1 Å². The highest BCUT2D eigenvalue weighted by molar-refractivity contribution is 7.89. The minimum atomic E-state index is -3.84. The summed E-state index contributed by atoms with van der Waals surface area (Å²) in [6.45, 7) is 6.46. The van der Waals surface area contributed by atoms with Crippen LogP contribution in [0.25, 0.3) is 10.2 Å². The van der Waals surface area contributed by atoms with E-state index in [4.69, 9.17) is 4.74 Å². The fourth-order valence-corrected chi connectivity index (χ4v) is 7.55. The first kappa shape index (κ1) is 26.2. The molecular formula is C26H31FN4O4S2. The van der Waals surface area contributed by atoms with Gasteiger partial charge in [-0.2, -0.15) is 4.31 Å². The molecule has 2 aromatic carbocycles. The van der Waals surface area contributed by atoms with Crippen molar-refractivity contribution in [3.8, 4) is 0 Å². The van der Waals surface area contributed by atoms with Gasteiger partial charge in [0.25, 0.3) is 0 Å². The number of carbonyl (C=O) groups excluding carboxylic acids is 1. The molecule has 2 fully saturated rings. The van der Waals surface area contributed by atoms with Crippen LogP contribution in [0.3, 0.4) is 0 Å².